The van der Waals surface area contributed by atoms with E-state index in [0.29, 0.717) is 25.3 Å². The quantitative estimate of drug-likeness (QED) is 0.750. The number of nitrogens with one attached hydrogen (secondary N) is 2. The average Bonchev–Trinajstić information content (AvgIpc) is 2.76. The van der Waals surface area contributed by atoms with Crippen LogP contribution in [0.15, 0.2) is 6.07 Å². The molecule has 4 amide bonds. The molecule has 9 nitrogen and oxygen atoms in total. The number of amides is 4. The van der Waals surface area contributed by atoms with Gasteiger partial charge in [0.1, 0.15) is 17.9 Å². The normalized spacial score (nSPS) is 18.8. The Morgan fingerprint density at radius 1 is 1.36 bits per heavy atom. The zero-order valence-corrected chi connectivity index (χ0v) is 14.6. The monoisotopic (exact) mass is 346 g/mol. The van der Waals surface area contributed by atoms with Gasteiger partial charge in [-0.15, -0.1) is 5.10 Å². The van der Waals surface area contributed by atoms with Gasteiger partial charge in [-0.05, 0) is 32.4 Å². The lowest BCUT2D eigenvalue weighted by Gasteiger charge is -2.29. The van der Waals surface area contributed by atoms with E-state index in [1.807, 2.05) is 13.0 Å². The van der Waals surface area contributed by atoms with Crippen LogP contribution in [0.3, 0.4) is 0 Å². The molecule has 0 spiro atoms. The lowest BCUT2D eigenvalue weighted by atomic mass is 10.1. The first-order valence-electron chi connectivity index (χ1n) is 8.33. The molecule has 9 heteroatoms. The van der Waals surface area contributed by atoms with Crippen LogP contribution in [0.1, 0.15) is 32.0 Å². The zero-order chi connectivity index (χ0) is 18.2. The summed E-state index contributed by atoms with van der Waals surface area (Å²) in [4.78, 5) is 39.3. The highest BCUT2D eigenvalue weighted by atomic mass is 16.2. The topological polar surface area (TPSA) is 108 Å². The highest BCUT2D eigenvalue weighted by Gasteiger charge is 2.45. The third kappa shape index (κ3) is 3.26. The number of urea groups is 1. The Balaban J connectivity index is 1.69. The molecule has 0 aromatic carbocycles. The smallest absolute Gasteiger partial charge is 0.325 e. The molecule has 134 valence electrons. The molecule has 3 rings (SSSR count). The van der Waals surface area contributed by atoms with Gasteiger partial charge in [0.25, 0.3) is 5.91 Å². The molecule has 0 bridgehead atoms. The first-order chi connectivity index (χ1) is 11.8. The molecule has 0 saturated carbocycles. The van der Waals surface area contributed by atoms with Crippen molar-refractivity contribution in [3.05, 3.63) is 17.3 Å². The summed E-state index contributed by atoms with van der Waals surface area (Å²) in [5, 5.41) is 14.0. The summed E-state index contributed by atoms with van der Waals surface area (Å²) < 4.78 is 0. The van der Waals surface area contributed by atoms with E-state index in [1.165, 1.54) is 0 Å². The van der Waals surface area contributed by atoms with Crippen LogP contribution in [0.2, 0.25) is 0 Å². The standard InChI is InChI=1S/C16H22N6O3/c1-4-17-12-7-10-8-21(6-5-11(10)19-20-12)13(23)9-22-14(24)16(2,3)18-15(22)25/h7H,4-6,8-9H2,1-3H3,(H,17,20)(H,18,25). The minimum Gasteiger partial charge on any atom is -0.369 e. The van der Waals surface area contributed by atoms with Crippen LogP contribution in [0.4, 0.5) is 10.6 Å². The molecule has 2 aliphatic rings. The summed E-state index contributed by atoms with van der Waals surface area (Å²) >= 11 is 0. The lowest BCUT2D eigenvalue weighted by Crippen LogP contribution is -2.46. The van der Waals surface area contributed by atoms with E-state index in [0.717, 1.165) is 22.7 Å². The summed E-state index contributed by atoms with van der Waals surface area (Å²) in [7, 11) is 0. The van der Waals surface area contributed by atoms with Crippen LogP contribution in [0.5, 0.6) is 0 Å². The highest BCUT2D eigenvalue weighted by Crippen LogP contribution is 2.21. The molecule has 2 aliphatic heterocycles. The van der Waals surface area contributed by atoms with Crippen LogP contribution in [0.25, 0.3) is 0 Å². The predicted octanol–water partition coefficient (Wildman–Crippen LogP) is 0.124. The maximum atomic E-state index is 12.6. The van der Waals surface area contributed by atoms with E-state index < -0.39 is 11.6 Å². The Bertz CT molecular complexity index is 733. The number of hydrogen-bond donors (Lipinski definition) is 2. The van der Waals surface area contributed by atoms with Gasteiger partial charge in [0.05, 0.1) is 5.69 Å². The van der Waals surface area contributed by atoms with E-state index in [4.69, 9.17) is 0 Å². The van der Waals surface area contributed by atoms with Crippen molar-refractivity contribution < 1.29 is 14.4 Å². The summed E-state index contributed by atoms with van der Waals surface area (Å²) in [5.41, 5.74) is 0.840. The van der Waals surface area contributed by atoms with E-state index >= 15 is 0 Å². The summed E-state index contributed by atoms with van der Waals surface area (Å²) in [5.74, 6) is 0.0311. The maximum absolute atomic E-state index is 12.6. The van der Waals surface area contributed by atoms with Crippen molar-refractivity contribution in [2.24, 2.45) is 0 Å². The molecular weight excluding hydrogens is 324 g/mol. The second kappa shape index (κ2) is 6.30. The van der Waals surface area contributed by atoms with Gasteiger partial charge in [-0.2, -0.15) is 5.10 Å². The molecule has 0 unspecified atom stereocenters. The van der Waals surface area contributed by atoms with Gasteiger partial charge in [0.2, 0.25) is 5.91 Å². The van der Waals surface area contributed by atoms with Crippen LogP contribution in [-0.2, 0) is 22.6 Å². The molecule has 1 aromatic heterocycles. The third-order valence-corrected chi connectivity index (χ3v) is 4.39. The number of carbonyl (C=O) groups is 3. The van der Waals surface area contributed by atoms with E-state index in [2.05, 4.69) is 20.8 Å². The van der Waals surface area contributed by atoms with Gasteiger partial charge in [-0.1, -0.05) is 0 Å². The average molecular weight is 346 g/mol. The molecule has 0 atom stereocenters. The zero-order valence-electron chi connectivity index (χ0n) is 14.6. The minimum absolute atomic E-state index is 0.248. The molecule has 1 saturated heterocycles. The Morgan fingerprint density at radius 2 is 2.12 bits per heavy atom. The van der Waals surface area contributed by atoms with Gasteiger partial charge < -0.3 is 15.5 Å². The molecule has 1 fully saturated rings. The lowest BCUT2D eigenvalue weighted by molar-refractivity contribution is -0.139. The Labute approximate surface area is 145 Å². The summed E-state index contributed by atoms with van der Waals surface area (Å²) in [6, 6.07) is 1.36. The fourth-order valence-corrected chi connectivity index (χ4v) is 3.01. The van der Waals surface area contributed by atoms with Crippen molar-refractivity contribution in [2.75, 3.05) is 25.0 Å². The number of imide groups is 1. The van der Waals surface area contributed by atoms with Crippen molar-refractivity contribution in [1.29, 1.82) is 0 Å². The number of aromatic nitrogens is 2. The predicted molar refractivity (Wildman–Crippen MR) is 89.6 cm³/mol. The van der Waals surface area contributed by atoms with Gasteiger partial charge in [-0.25, -0.2) is 4.79 Å². The maximum Gasteiger partial charge on any atom is 0.325 e. The molecule has 25 heavy (non-hydrogen) atoms. The van der Waals surface area contributed by atoms with E-state index in [-0.39, 0.29) is 18.4 Å². The van der Waals surface area contributed by atoms with Crippen molar-refractivity contribution >= 4 is 23.7 Å². The van der Waals surface area contributed by atoms with Gasteiger partial charge >= 0.3 is 6.03 Å². The largest absolute Gasteiger partial charge is 0.369 e. The summed E-state index contributed by atoms with van der Waals surface area (Å²) in [6.07, 6.45) is 0.603. The van der Waals surface area contributed by atoms with E-state index in [1.54, 1.807) is 18.7 Å². The van der Waals surface area contributed by atoms with Crippen LogP contribution in [0, 0.1) is 0 Å². The second-order valence-corrected chi connectivity index (χ2v) is 6.74. The molecular formula is C16H22N6O3. The first-order valence-corrected chi connectivity index (χ1v) is 8.33. The number of anilines is 1. The Kier molecular flexibility index (Phi) is 4.32. The fraction of sp³-hybridized carbons (Fsp3) is 0.562. The number of fused-ring (bicyclic) bond motifs is 1. The third-order valence-electron chi connectivity index (χ3n) is 4.39. The van der Waals surface area contributed by atoms with Crippen molar-refractivity contribution in [3.63, 3.8) is 0 Å². The molecule has 0 radical (unpaired) electrons. The molecule has 1 aromatic rings. The number of nitrogens with zero attached hydrogens (tertiary/aromatic N) is 4. The van der Waals surface area contributed by atoms with Crippen LogP contribution >= 0.6 is 0 Å². The second-order valence-electron chi connectivity index (χ2n) is 6.74. The SMILES string of the molecule is CCNc1cc2c(nn1)CCN(C(=O)CN1C(=O)NC(C)(C)C1=O)C2. The Morgan fingerprint density at radius 3 is 2.76 bits per heavy atom. The highest BCUT2D eigenvalue weighted by molar-refractivity contribution is 6.08. The summed E-state index contributed by atoms with van der Waals surface area (Å²) in [6.45, 7) is 6.59. The first kappa shape index (κ1) is 17.1. The minimum atomic E-state index is -0.970. The van der Waals surface area contributed by atoms with E-state index in [9.17, 15) is 14.4 Å². The van der Waals surface area contributed by atoms with Crippen molar-refractivity contribution in [3.8, 4) is 0 Å². The fourth-order valence-electron chi connectivity index (χ4n) is 3.01. The van der Waals surface area contributed by atoms with Gasteiger partial charge in [0, 0.05) is 26.1 Å². The van der Waals surface area contributed by atoms with Crippen LogP contribution < -0.4 is 10.6 Å². The molecule has 0 aliphatic carbocycles. The number of rotatable bonds is 4. The number of carbonyl (C=O) groups excluding carboxylic acids is 3. The van der Waals surface area contributed by atoms with Gasteiger partial charge in [0.15, 0.2) is 0 Å². The molecule has 3 heterocycles. The van der Waals surface area contributed by atoms with Crippen molar-refractivity contribution in [1.82, 2.24) is 25.3 Å². The van der Waals surface area contributed by atoms with Gasteiger partial charge in [-0.3, -0.25) is 14.5 Å². The van der Waals surface area contributed by atoms with Crippen LogP contribution in [-0.4, -0.2) is 63.0 Å². The number of hydrogen-bond acceptors (Lipinski definition) is 6. The molecule has 2 N–H and O–H groups in total. The Hall–Kier alpha value is -2.71. The van der Waals surface area contributed by atoms with Crippen molar-refractivity contribution in [2.45, 2.75) is 39.3 Å².